The molecular weight excluding hydrogens is 228 g/mol. The van der Waals surface area contributed by atoms with Crippen molar-refractivity contribution in [2.75, 3.05) is 0 Å². The molecule has 0 radical (unpaired) electrons. The van der Waals surface area contributed by atoms with Crippen LogP contribution in [0.25, 0.3) is 0 Å². The van der Waals surface area contributed by atoms with Crippen LogP contribution in [-0.4, -0.2) is 26.1 Å². The van der Waals surface area contributed by atoms with Crippen LogP contribution in [0.4, 0.5) is 0 Å². The third-order valence-corrected chi connectivity index (χ3v) is 5.06. The summed E-state index contributed by atoms with van der Waals surface area (Å²) < 4.78 is -0.900. The van der Waals surface area contributed by atoms with Crippen LogP contribution in [0.3, 0.4) is 0 Å². The van der Waals surface area contributed by atoms with E-state index in [0.29, 0.717) is 0 Å². The Morgan fingerprint density at radius 2 is 1.13 bits per heavy atom. The van der Waals surface area contributed by atoms with E-state index >= 15 is 0 Å². The molecule has 0 N–H and O–H groups in total. The van der Waals surface area contributed by atoms with Crippen molar-refractivity contribution in [3.05, 3.63) is 0 Å². The van der Waals surface area contributed by atoms with Gasteiger partial charge in [-0.05, 0) is 13.8 Å². The van der Waals surface area contributed by atoms with Gasteiger partial charge in [-0.1, -0.05) is 27.7 Å². The minimum absolute atomic E-state index is 0.0487. The summed E-state index contributed by atoms with van der Waals surface area (Å²) in [7, 11) is 0. The molecule has 0 spiro atoms. The smallest absolute Gasteiger partial charge is 0.178 e. The highest BCUT2D eigenvalue weighted by Crippen LogP contribution is 2.43. The van der Waals surface area contributed by atoms with E-state index < -0.39 is 4.08 Å². The van der Waals surface area contributed by atoms with Crippen LogP contribution < -0.4 is 0 Å². The molecule has 0 bridgehead atoms. The van der Waals surface area contributed by atoms with Crippen LogP contribution in [0.2, 0.25) is 0 Å². The van der Waals surface area contributed by atoms with Gasteiger partial charge in [-0.3, -0.25) is 9.59 Å². The number of carbonyl (C=O) groups excluding carboxylic acids is 2. The zero-order chi connectivity index (χ0) is 12.2. The molecule has 0 saturated heterocycles. The van der Waals surface area contributed by atoms with E-state index in [1.807, 2.05) is 27.7 Å². The molecule has 0 heterocycles. The lowest BCUT2D eigenvalue weighted by Crippen LogP contribution is -2.39. The molecule has 0 aromatic carbocycles. The molecule has 2 nitrogen and oxygen atoms in total. The van der Waals surface area contributed by atoms with Gasteiger partial charge in [0.2, 0.25) is 0 Å². The maximum atomic E-state index is 11.7. The lowest BCUT2D eigenvalue weighted by atomic mass is 10.2. The van der Waals surface area contributed by atoms with Crippen molar-refractivity contribution in [2.45, 2.75) is 56.1 Å². The normalized spacial score (nSPS) is 12.3. The van der Waals surface area contributed by atoms with E-state index in [2.05, 4.69) is 0 Å². The van der Waals surface area contributed by atoms with Crippen LogP contribution in [0.15, 0.2) is 0 Å². The predicted octanol–water partition coefficient (Wildman–Crippen LogP) is 3.14. The minimum Gasteiger partial charge on any atom is -0.297 e. The molecule has 0 aromatic rings. The van der Waals surface area contributed by atoms with Crippen molar-refractivity contribution in [3.63, 3.8) is 0 Å². The summed E-state index contributed by atoms with van der Waals surface area (Å²) in [6.07, 6.45) is 0. The van der Waals surface area contributed by atoms with E-state index in [9.17, 15) is 9.59 Å². The van der Waals surface area contributed by atoms with Crippen LogP contribution in [0, 0.1) is 0 Å². The zero-order valence-electron chi connectivity index (χ0n) is 10.3. The first-order chi connectivity index (χ1) is 6.72. The quantitative estimate of drug-likeness (QED) is 0.534. The van der Waals surface area contributed by atoms with Gasteiger partial charge in [0, 0.05) is 10.5 Å². The van der Waals surface area contributed by atoms with Gasteiger partial charge in [0.15, 0.2) is 15.6 Å². The van der Waals surface area contributed by atoms with Gasteiger partial charge in [0.1, 0.15) is 0 Å². The van der Waals surface area contributed by atoms with Crippen molar-refractivity contribution in [2.24, 2.45) is 0 Å². The summed E-state index contributed by atoms with van der Waals surface area (Å²) in [5, 5.41) is 0.535. The third kappa shape index (κ3) is 4.19. The van der Waals surface area contributed by atoms with Gasteiger partial charge in [0.25, 0.3) is 0 Å². The number of hydrogen-bond donors (Lipinski definition) is 0. The molecule has 0 fully saturated rings. The van der Waals surface area contributed by atoms with E-state index in [0.717, 1.165) is 0 Å². The molecule has 0 aromatic heterocycles. The molecule has 0 aliphatic carbocycles. The molecule has 0 unspecified atom stereocenters. The molecule has 0 aliphatic heterocycles. The van der Waals surface area contributed by atoms with Crippen LogP contribution in [0.1, 0.15) is 41.5 Å². The second-order valence-corrected chi connectivity index (χ2v) is 7.90. The molecule has 0 amide bonds. The Balaban J connectivity index is 5.08. The Morgan fingerprint density at radius 1 is 0.867 bits per heavy atom. The van der Waals surface area contributed by atoms with Gasteiger partial charge in [-0.2, -0.15) is 0 Å². The van der Waals surface area contributed by atoms with Gasteiger partial charge in [0.05, 0.1) is 0 Å². The maximum Gasteiger partial charge on any atom is 0.178 e. The lowest BCUT2D eigenvalue weighted by molar-refractivity contribution is -0.125. The fourth-order valence-electron chi connectivity index (χ4n) is 1.27. The summed E-state index contributed by atoms with van der Waals surface area (Å²) in [6, 6.07) is 0. The molecule has 15 heavy (non-hydrogen) atoms. The highest BCUT2D eigenvalue weighted by atomic mass is 32.2. The van der Waals surface area contributed by atoms with Crippen molar-refractivity contribution < 1.29 is 9.59 Å². The Hall–Kier alpha value is 0.0400. The summed E-state index contributed by atoms with van der Waals surface area (Å²) in [5.74, 6) is -0.0974. The average molecular weight is 248 g/mol. The molecule has 4 heteroatoms. The first-order valence-corrected chi connectivity index (χ1v) is 6.86. The fraction of sp³-hybridized carbons (Fsp3) is 0.818. The van der Waals surface area contributed by atoms with E-state index in [4.69, 9.17) is 0 Å². The summed E-state index contributed by atoms with van der Waals surface area (Å²) in [6.45, 7) is 11.0. The Morgan fingerprint density at radius 3 is 1.27 bits per heavy atom. The molecule has 0 saturated carbocycles. The third-order valence-electron chi connectivity index (χ3n) is 1.73. The SMILES string of the molecule is CC(=O)C(SC(C)C)(SC(C)C)C(C)=O. The van der Waals surface area contributed by atoms with Crippen molar-refractivity contribution in [1.29, 1.82) is 0 Å². The zero-order valence-corrected chi connectivity index (χ0v) is 11.9. The Bertz CT molecular complexity index is 221. The molecule has 88 valence electrons. The van der Waals surface area contributed by atoms with Crippen molar-refractivity contribution in [1.82, 2.24) is 0 Å². The monoisotopic (exact) mass is 248 g/mol. The molecule has 0 aliphatic rings. The van der Waals surface area contributed by atoms with E-state index in [1.54, 1.807) is 0 Å². The van der Waals surface area contributed by atoms with Crippen LogP contribution >= 0.6 is 23.5 Å². The van der Waals surface area contributed by atoms with Crippen LogP contribution in [0.5, 0.6) is 0 Å². The van der Waals surface area contributed by atoms with Crippen molar-refractivity contribution in [3.8, 4) is 0 Å². The molecular formula is C11H20O2S2. The summed E-state index contributed by atoms with van der Waals surface area (Å²) in [5.41, 5.74) is 0. The number of thioether (sulfide) groups is 2. The second kappa shape index (κ2) is 5.94. The Labute approximate surface area is 101 Å². The van der Waals surface area contributed by atoms with Gasteiger partial charge in [-0.15, -0.1) is 23.5 Å². The Kier molecular flexibility index (Phi) is 5.96. The molecule has 0 atom stereocenters. The molecule has 0 rings (SSSR count). The van der Waals surface area contributed by atoms with Gasteiger partial charge in [-0.25, -0.2) is 0 Å². The standard InChI is InChI=1S/C11H20O2S2/c1-7(2)14-11(9(5)12,10(6)13)15-8(3)4/h7-8H,1-6H3. The summed E-state index contributed by atoms with van der Waals surface area (Å²) in [4.78, 5) is 23.4. The fourth-order valence-corrected chi connectivity index (χ4v) is 4.64. The second-order valence-electron chi connectivity index (χ2n) is 4.06. The maximum absolute atomic E-state index is 11.7. The number of rotatable bonds is 6. The highest BCUT2D eigenvalue weighted by molar-refractivity contribution is 8.21. The van der Waals surface area contributed by atoms with E-state index in [-0.39, 0.29) is 22.1 Å². The average Bonchev–Trinajstić information content (AvgIpc) is 1.99. The highest BCUT2D eigenvalue weighted by Gasteiger charge is 2.43. The van der Waals surface area contributed by atoms with E-state index in [1.165, 1.54) is 37.4 Å². The minimum atomic E-state index is -0.900. The first kappa shape index (κ1) is 15.0. The van der Waals surface area contributed by atoms with Crippen LogP contribution in [-0.2, 0) is 9.59 Å². The lowest BCUT2D eigenvalue weighted by Gasteiger charge is -2.30. The topological polar surface area (TPSA) is 34.1 Å². The predicted molar refractivity (Wildman–Crippen MR) is 69.5 cm³/mol. The number of carbonyl (C=O) groups is 2. The number of hydrogen-bond acceptors (Lipinski definition) is 4. The number of ketones is 2. The van der Waals surface area contributed by atoms with Crippen molar-refractivity contribution >= 4 is 35.1 Å². The first-order valence-electron chi connectivity index (χ1n) is 5.10. The van der Waals surface area contributed by atoms with Gasteiger partial charge < -0.3 is 0 Å². The van der Waals surface area contributed by atoms with Gasteiger partial charge >= 0.3 is 0 Å². The largest absolute Gasteiger partial charge is 0.297 e. The number of Topliss-reactive ketones (excluding diaryl/α,β-unsaturated/α-hetero) is 2. The summed E-state index contributed by atoms with van der Waals surface area (Å²) >= 11 is 2.91.